The molecule has 10 heteroatoms. The number of halogens is 3. The number of thiazole rings is 1. The Morgan fingerprint density at radius 3 is 2.54 bits per heavy atom. The first-order valence-electron chi connectivity index (χ1n) is 7.10. The summed E-state index contributed by atoms with van der Waals surface area (Å²) in [5.41, 5.74) is -0.878. The third-order valence-corrected chi connectivity index (χ3v) is 6.06. The summed E-state index contributed by atoms with van der Waals surface area (Å²) < 4.78 is 64.8. The van der Waals surface area contributed by atoms with Gasteiger partial charge in [-0.1, -0.05) is 0 Å². The van der Waals surface area contributed by atoms with Crippen LogP contribution < -0.4 is 9.62 Å². The van der Waals surface area contributed by atoms with E-state index in [0.29, 0.717) is 19.5 Å². The topological polar surface area (TPSA) is 62.3 Å². The van der Waals surface area contributed by atoms with Gasteiger partial charge in [-0.2, -0.15) is 13.2 Å². The van der Waals surface area contributed by atoms with E-state index in [1.54, 1.807) is 6.20 Å². The highest BCUT2D eigenvalue weighted by Crippen LogP contribution is 2.30. The molecule has 1 N–H and O–H groups in total. The number of sulfonamides is 1. The molecule has 24 heavy (non-hydrogen) atoms. The molecule has 1 aliphatic heterocycles. The van der Waals surface area contributed by atoms with Crippen molar-refractivity contribution in [1.29, 1.82) is 0 Å². The van der Waals surface area contributed by atoms with E-state index in [9.17, 15) is 21.6 Å². The lowest BCUT2D eigenvalue weighted by atomic mass is 10.2. The number of hydrogen-bond donors (Lipinski definition) is 1. The fourth-order valence-corrected chi connectivity index (χ4v) is 4.45. The minimum absolute atomic E-state index is 0.178. The lowest BCUT2D eigenvalue weighted by molar-refractivity contribution is -0.137. The second-order valence-electron chi connectivity index (χ2n) is 5.39. The zero-order chi connectivity index (χ0) is 17.4. The number of anilines is 1. The maximum atomic E-state index is 12.5. The monoisotopic (exact) mass is 377 g/mol. The third kappa shape index (κ3) is 3.70. The predicted octanol–water partition coefficient (Wildman–Crippen LogP) is 2.72. The van der Waals surface area contributed by atoms with Gasteiger partial charge >= 0.3 is 6.18 Å². The number of alkyl halides is 3. The van der Waals surface area contributed by atoms with Crippen molar-refractivity contribution in [1.82, 2.24) is 9.71 Å². The number of rotatable bonds is 4. The van der Waals surface area contributed by atoms with Crippen LogP contribution in [0.15, 0.2) is 40.7 Å². The average Bonchev–Trinajstić information content (AvgIpc) is 3.17. The molecule has 0 radical (unpaired) electrons. The van der Waals surface area contributed by atoms with Crippen LogP contribution in [0.25, 0.3) is 0 Å². The highest BCUT2D eigenvalue weighted by Gasteiger charge is 2.32. The van der Waals surface area contributed by atoms with Crippen LogP contribution in [-0.4, -0.2) is 32.5 Å². The van der Waals surface area contributed by atoms with Crippen molar-refractivity contribution < 1.29 is 21.6 Å². The molecule has 0 bridgehead atoms. The lowest BCUT2D eigenvalue weighted by Gasteiger charge is -2.16. The molecule has 2 heterocycles. The Bertz CT molecular complexity index is 790. The van der Waals surface area contributed by atoms with E-state index in [1.807, 2.05) is 10.3 Å². The van der Waals surface area contributed by atoms with Crippen LogP contribution in [0.5, 0.6) is 0 Å². The van der Waals surface area contributed by atoms with Crippen molar-refractivity contribution in [3.05, 3.63) is 41.4 Å². The van der Waals surface area contributed by atoms with Gasteiger partial charge in [0.05, 0.1) is 10.5 Å². The summed E-state index contributed by atoms with van der Waals surface area (Å²) in [5.74, 6) is 0. The van der Waals surface area contributed by atoms with E-state index in [4.69, 9.17) is 0 Å². The number of nitrogens with one attached hydrogen (secondary N) is 1. The van der Waals surface area contributed by atoms with E-state index in [0.717, 1.165) is 29.4 Å². The molecule has 0 aliphatic carbocycles. The van der Waals surface area contributed by atoms with E-state index in [1.165, 1.54) is 11.3 Å². The summed E-state index contributed by atoms with van der Waals surface area (Å²) >= 11 is 1.47. The summed E-state index contributed by atoms with van der Waals surface area (Å²) in [5, 5.41) is 2.67. The molecule has 5 nitrogen and oxygen atoms in total. The highest BCUT2D eigenvalue weighted by molar-refractivity contribution is 7.89. The van der Waals surface area contributed by atoms with E-state index < -0.39 is 21.8 Å². The SMILES string of the molecule is O=S(=O)(NC1CCN(c2nccs2)C1)c1ccc(C(F)(F)F)cc1. The van der Waals surface area contributed by atoms with Gasteiger partial charge < -0.3 is 4.90 Å². The van der Waals surface area contributed by atoms with E-state index in [-0.39, 0.29) is 10.9 Å². The average molecular weight is 377 g/mol. The Morgan fingerprint density at radius 2 is 1.96 bits per heavy atom. The molecular weight excluding hydrogens is 363 g/mol. The highest BCUT2D eigenvalue weighted by atomic mass is 32.2. The van der Waals surface area contributed by atoms with Crippen LogP contribution in [0.4, 0.5) is 18.3 Å². The normalized spacial score (nSPS) is 19.0. The molecule has 1 aromatic carbocycles. The first-order valence-corrected chi connectivity index (χ1v) is 9.46. The van der Waals surface area contributed by atoms with E-state index in [2.05, 4.69) is 9.71 Å². The second-order valence-corrected chi connectivity index (χ2v) is 7.98. The van der Waals surface area contributed by atoms with Crippen LogP contribution in [-0.2, 0) is 16.2 Å². The van der Waals surface area contributed by atoms with Crippen molar-refractivity contribution in [3.8, 4) is 0 Å². The van der Waals surface area contributed by atoms with Gasteiger partial charge in [0.25, 0.3) is 0 Å². The fourth-order valence-electron chi connectivity index (χ4n) is 2.51. The van der Waals surface area contributed by atoms with Crippen LogP contribution in [0.3, 0.4) is 0 Å². The minimum atomic E-state index is -4.49. The van der Waals surface area contributed by atoms with Crippen molar-refractivity contribution in [2.24, 2.45) is 0 Å². The van der Waals surface area contributed by atoms with Crippen molar-refractivity contribution in [2.75, 3.05) is 18.0 Å². The Kier molecular flexibility index (Phi) is 4.54. The predicted molar refractivity (Wildman–Crippen MR) is 84.5 cm³/mol. The van der Waals surface area contributed by atoms with E-state index >= 15 is 0 Å². The molecule has 1 saturated heterocycles. The molecular formula is C14H14F3N3O2S2. The van der Waals surface area contributed by atoms with Crippen LogP contribution >= 0.6 is 11.3 Å². The molecule has 1 aromatic heterocycles. The number of hydrogen-bond acceptors (Lipinski definition) is 5. The quantitative estimate of drug-likeness (QED) is 0.890. The maximum Gasteiger partial charge on any atom is 0.416 e. The Morgan fingerprint density at radius 1 is 1.25 bits per heavy atom. The first-order chi connectivity index (χ1) is 11.3. The third-order valence-electron chi connectivity index (χ3n) is 3.69. The Labute approximate surface area is 141 Å². The van der Waals surface area contributed by atoms with Gasteiger partial charge in [0.15, 0.2) is 5.13 Å². The largest absolute Gasteiger partial charge is 0.416 e. The second kappa shape index (κ2) is 6.34. The maximum absolute atomic E-state index is 12.5. The minimum Gasteiger partial charge on any atom is -0.346 e. The van der Waals surface area contributed by atoms with Gasteiger partial charge in [0.1, 0.15) is 0 Å². The van der Waals surface area contributed by atoms with Gasteiger partial charge in [0.2, 0.25) is 10.0 Å². The number of benzene rings is 1. The van der Waals surface area contributed by atoms with Gasteiger partial charge in [-0.25, -0.2) is 18.1 Å². The van der Waals surface area contributed by atoms with Gasteiger partial charge in [-0.05, 0) is 30.7 Å². The molecule has 1 atom stereocenters. The molecule has 2 aromatic rings. The molecule has 0 amide bonds. The summed E-state index contributed by atoms with van der Waals surface area (Å²) in [6.45, 7) is 1.15. The standard InChI is InChI=1S/C14H14F3N3O2S2/c15-14(16,17)10-1-3-12(4-2-10)24(21,22)19-11-5-7-20(9-11)13-18-6-8-23-13/h1-4,6,8,11,19H,5,7,9H2. The summed E-state index contributed by atoms with van der Waals surface area (Å²) in [7, 11) is -3.86. The van der Waals surface area contributed by atoms with Crippen LogP contribution in [0.2, 0.25) is 0 Å². The lowest BCUT2D eigenvalue weighted by Crippen LogP contribution is -2.37. The molecule has 1 aliphatic rings. The summed E-state index contributed by atoms with van der Waals surface area (Å²) in [6.07, 6.45) is -2.20. The van der Waals surface area contributed by atoms with Crippen molar-refractivity contribution >= 4 is 26.5 Å². The van der Waals surface area contributed by atoms with Crippen molar-refractivity contribution in [2.45, 2.75) is 23.5 Å². The molecule has 3 rings (SSSR count). The first kappa shape index (κ1) is 17.2. The van der Waals surface area contributed by atoms with Crippen LogP contribution in [0.1, 0.15) is 12.0 Å². The molecule has 0 spiro atoms. The van der Waals surface area contributed by atoms with Gasteiger partial charge in [0, 0.05) is 30.7 Å². The molecule has 1 unspecified atom stereocenters. The van der Waals surface area contributed by atoms with Gasteiger partial charge in [-0.15, -0.1) is 11.3 Å². The molecule has 130 valence electrons. The summed E-state index contributed by atoms with van der Waals surface area (Å²) in [6, 6.07) is 3.18. The zero-order valence-electron chi connectivity index (χ0n) is 12.3. The van der Waals surface area contributed by atoms with Crippen LogP contribution in [0, 0.1) is 0 Å². The zero-order valence-corrected chi connectivity index (χ0v) is 14.0. The fraction of sp³-hybridized carbons (Fsp3) is 0.357. The number of aromatic nitrogens is 1. The Hall–Kier alpha value is -1.65. The smallest absolute Gasteiger partial charge is 0.346 e. The Balaban J connectivity index is 1.68. The van der Waals surface area contributed by atoms with Crippen molar-refractivity contribution in [3.63, 3.8) is 0 Å². The molecule has 1 fully saturated rings. The summed E-state index contributed by atoms with van der Waals surface area (Å²) in [4.78, 5) is 5.98. The molecule has 0 saturated carbocycles. The van der Waals surface area contributed by atoms with Gasteiger partial charge in [-0.3, -0.25) is 0 Å². The number of nitrogens with zero attached hydrogens (tertiary/aromatic N) is 2.